The number of benzene rings is 2. The molecule has 1 atom stereocenters. The van der Waals surface area contributed by atoms with E-state index in [0.29, 0.717) is 45.0 Å². The number of hydrogen-bond donors (Lipinski definition) is 0. The van der Waals surface area contributed by atoms with Crippen LogP contribution in [0.4, 0.5) is 0 Å². The zero-order valence-corrected chi connectivity index (χ0v) is 16.0. The van der Waals surface area contributed by atoms with Gasteiger partial charge in [-0.05, 0) is 30.0 Å². The Labute approximate surface area is 165 Å². The molecule has 0 spiro atoms. The molecule has 2 saturated heterocycles. The fraction of sp³-hybridized carbons (Fsp3) is 0.391. The lowest BCUT2D eigenvalue weighted by molar-refractivity contribution is -0.141. The predicted molar refractivity (Wildman–Crippen MR) is 108 cm³/mol. The van der Waals surface area contributed by atoms with Crippen LogP contribution in [0.25, 0.3) is 11.1 Å². The fourth-order valence-electron chi connectivity index (χ4n) is 4.11. The molecule has 2 aliphatic rings. The lowest BCUT2D eigenvalue weighted by Gasteiger charge is -2.36. The third-order valence-electron chi connectivity index (χ3n) is 5.62. The normalized spacial score (nSPS) is 20.1. The minimum atomic E-state index is -0.111. The van der Waals surface area contributed by atoms with Crippen LogP contribution in [0.15, 0.2) is 54.6 Å². The summed E-state index contributed by atoms with van der Waals surface area (Å²) in [4.78, 5) is 29.9. The summed E-state index contributed by atoms with van der Waals surface area (Å²) in [5.74, 6) is 0.0655. The van der Waals surface area contributed by atoms with E-state index in [9.17, 15) is 9.59 Å². The maximum atomic E-state index is 13.3. The Balaban J connectivity index is 1.52. The first-order chi connectivity index (χ1) is 13.7. The van der Waals surface area contributed by atoms with E-state index in [-0.39, 0.29) is 17.7 Å². The zero-order chi connectivity index (χ0) is 19.3. The van der Waals surface area contributed by atoms with E-state index < -0.39 is 0 Å². The van der Waals surface area contributed by atoms with Gasteiger partial charge in [-0.2, -0.15) is 0 Å². The van der Waals surface area contributed by atoms with Crippen molar-refractivity contribution < 1.29 is 14.3 Å². The number of hydrogen-bond acceptors (Lipinski definition) is 3. The van der Waals surface area contributed by atoms with Gasteiger partial charge in [0.05, 0.1) is 19.1 Å². The van der Waals surface area contributed by atoms with E-state index in [1.165, 1.54) is 0 Å². The lowest BCUT2D eigenvalue weighted by Crippen LogP contribution is -2.49. The van der Waals surface area contributed by atoms with Crippen molar-refractivity contribution in [2.75, 3.05) is 39.4 Å². The molecule has 2 aromatic carbocycles. The van der Waals surface area contributed by atoms with Gasteiger partial charge in [-0.3, -0.25) is 9.59 Å². The quantitative estimate of drug-likeness (QED) is 0.825. The largest absolute Gasteiger partial charge is 0.378 e. The molecule has 2 aromatic rings. The van der Waals surface area contributed by atoms with Crippen LogP contribution in [0.3, 0.4) is 0 Å². The number of carbonyl (C=O) groups is 2. The van der Waals surface area contributed by atoms with Gasteiger partial charge < -0.3 is 14.5 Å². The Morgan fingerprint density at radius 3 is 2.36 bits per heavy atom. The highest BCUT2D eigenvalue weighted by molar-refractivity contribution is 6.01. The van der Waals surface area contributed by atoms with Crippen molar-refractivity contribution in [3.8, 4) is 11.1 Å². The summed E-state index contributed by atoms with van der Waals surface area (Å²) >= 11 is 0. The number of nitrogens with zero attached hydrogens (tertiary/aromatic N) is 2. The molecule has 0 N–H and O–H groups in total. The predicted octanol–water partition coefficient (Wildman–Crippen LogP) is 3.06. The van der Waals surface area contributed by atoms with Gasteiger partial charge >= 0.3 is 0 Å². The van der Waals surface area contributed by atoms with Crippen molar-refractivity contribution in [1.29, 1.82) is 0 Å². The first kappa shape index (κ1) is 18.7. The first-order valence-corrected chi connectivity index (χ1v) is 10.0. The van der Waals surface area contributed by atoms with Crippen molar-refractivity contribution in [2.45, 2.75) is 12.8 Å². The maximum Gasteiger partial charge on any atom is 0.254 e. The van der Waals surface area contributed by atoms with Crippen molar-refractivity contribution >= 4 is 11.8 Å². The van der Waals surface area contributed by atoms with Crippen LogP contribution in [0.1, 0.15) is 23.2 Å². The standard InChI is InChI=1S/C23H26N2O3/c26-22(24-13-15-28-16-14-24)19-9-6-12-25(17-19)23(27)21-11-5-4-10-20(21)18-7-2-1-3-8-18/h1-5,7-8,10-11,19H,6,9,12-17H2. The zero-order valence-electron chi connectivity index (χ0n) is 16.0. The molecule has 146 valence electrons. The number of rotatable bonds is 3. The van der Waals surface area contributed by atoms with E-state index in [4.69, 9.17) is 4.74 Å². The molecule has 2 heterocycles. The van der Waals surface area contributed by atoms with Crippen LogP contribution in [-0.2, 0) is 9.53 Å². The molecule has 5 nitrogen and oxygen atoms in total. The van der Waals surface area contributed by atoms with Crippen LogP contribution in [-0.4, -0.2) is 61.0 Å². The van der Waals surface area contributed by atoms with E-state index in [1.807, 2.05) is 64.4 Å². The summed E-state index contributed by atoms with van der Waals surface area (Å²) in [6.07, 6.45) is 1.71. The minimum absolute atomic E-state index is 0.0129. The lowest BCUT2D eigenvalue weighted by atomic mass is 9.94. The second-order valence-corrected chi connectivity index (χ2v) is 7.44. The van der Waals surface area contributed by atoms with Gasteiger partial charge in [0.1, 0.15) is 0 Å². The summed E-state index contributed by atoms with van der Waals surface area (Å²) in [5.41, 5.74) is 2.67. The molecule has 5 heteroatoms. The molecule has 0 saturated carbocycles. The molecule has 2 fully saturated rings. The summed E-state index contributed by atoms with van der Waals surface area (Å²) in [6, 6.07) is 17.7. The van der Waals surface area contributed by atoms with Crippen LogP contribution in [0.5, 0.6) is 0 Å². The Hall–Kier alpha value is -2.66. The van der Waals surface area contributed by atoms with Gasteiger partial charge in [-0.1, -0.05) is 48.5 Å². The number of ether oxygens (including phenoxy) is 1. The fourth-order valence-corrected chi connectivity index (χ4v) is 4.11. The van der Waals surface area contributed by atoms with Crippen molar-refractivity contribution in [1.82, 2.24) is 9.80 Å². The smallest absolute Gasteiger partial charge is 0.254 e. The van der Waals surface area contributed by atoms with Gasteiger partial charge in [0.2, 0.25) is 5.91 Å². The summed E-state index contributed by atoms with van der Waals surface area (Å²) in [5, 5.41) is 0. The average Bonchev–Trinajstić information content (AvgIpc) is 2.79. The number of carbonyl (C=O) groups excluding carboxylic acids is 2. The number of likely N-dealkylation sites (tertiary alicyclic amines) is 1. The SMILES string of the molecule is O=C(c1ccccc1-c1ccccc1)N1CCCC(C(=O)N2CCOCC2)C1. The van der Waals surface area contributed by atoms with Crippen LogP contribution < -0.4 is 0 Å². The van der Waals surface area contributed by atoms with Gasteiger partial charge in [0, 0.05) is 31.7 Å². The Kier molecular flexibility index (Phi) is 5.72. The van der Waals surface area contributed by atoms with Crippen LogP contribution in [0, 0.1) is 5.92 Å². The van der Waals surface area contributed by atoms with E-state index in [0.717, 1.165) is 24.0 Å². The molecule has 0 bridgehead atoms. The van der Waals surface area contributed by atoms with Gasteiger partial charge in [0.25, 0.3) is 5.91 Å². The summed E-state index contributed by atoms with van der Waals surface area (Å²) < 4.78 is 5.35. The number of amides is 2. The van der Waals surface area contributed by atoms with Crippen molar-refractivity contribution in [3.05, 3.63) is 60.2 Å². The number of piperidine rings is 1. The topological polar surface area (TPSA) is 49.9 Å². The van der Waals surface area contributed by atoms with Gasteiger partial charge in [-0.15, -0.1) is 0 Å². The molecule has 28 heavy (non-hydrogen) atoms. The molecule has 2 aliphatic heterocycles. The molecule has 0 aliphatic carbocycles. The maximum absolute atomic E-state index is 13.3. The highest BCUT2D eigenvalue weighted by atomic mass is 16.5. The van der Waals surface area contributed by atoms with E-state index in [2.05, 4.69) is 0 Å². The van der Waals surface area contributed by atoms with Crippen molar-refractivity contribution in [3.63, 3.8) is 0 Å². The third-order valence-corrected chi connectivity index (χ3v) is 5.62. The van der Waals surface area contributed by atoms with Gasteiger partial charge in [-0.25, -0.2) is 0 Å². The molecule has 0 radical (unpaired) electrons. The molecule has 2 amide bonds. The summed E-state index contributed by atoms with van der Waals surface area (Å²) in [6.45, 7) is 3.71. The van der Waals surface area contributed by atoms with Crippen LogP contribution >= 0.6 is 0 Å². The molecule has 4 rings (SSSR count). The van der Waals surface area contributed by atoms with Crippen molar-refractivity contribution in [2.24, 2.45) is 5.92 Å². The second kappa shape index (κ2) is 8.57. The summed E-state index contributed by atoms with van der Waals surface area (Å²) in [7, 11) is 0. The Morgan fingerprint density at radius 1 is 0.857 bits per heavy atom. The molecule has 0 aromatic heterocycles. The Bertz CT molecular complexity index is 831. The average molecular weight is 378 g/mol. The van der Waals surface area contributed by atoms with Gasteiger partial charge in [0.15, 0.2) is 0 Å². The molecule has 1 unspecified atom stereocenters. The first-order valence-electron chi connectivity index (χ1n) is 10.0. The molecular formula is C23H26N2O3. The van der Waals surface area contributed by atoms with E-state index >= 15 is 0 Å². The minimum Gasteiger partial charge on any atom is -0.378 e. The van der Waals surface area contributed by atoms with E-state index in [1.54, 1.807) is 0 Å². The molecular weight excluding hydrogens is 352 g/mol. The Morgan fingerprint density at radius 2 is 1.57 bits per heavy atom. The third kappa shape index (κ3) is 3.94. The van der Waals surface area contributed by atoms with Crippen LogP contribution in [0.2, 0.25) is 0 Å². The highest BCUT2D eigenvalue weighted by Gasteiger charge is 2.32. The number of morpholine rings is 1. The highest BCUT2D eigenvalue weighted by Crippen LogP contribution is 2.27. The monoisotopic (exact) mass is 378 g/mol. The second-order valence-electron chi connectivity index (χ2n) is 7.44.